The highest BCUT2D eigenvalue weighted by atomic mass is 35.5. The van der Waals surface area contributed by atoms with Crippen molar-refractivity contribution in [2.45, 2.75) is 38.8 Å². The summed E-state index contributed by atoms with van der Waals surface area (Å²) >= 11 is 6.12. The predicted octanol–water partition coefficient (Wildman–Crippen LogP) is 5.52. The Kier molecular flexibility index (Phi) is 6.65. The summed E-state index contributed by atoms with van der Waals surface area (Å²) in [6.45, 7) is 2.46. The number of anilines is 1. The first-order valence-corrected chi connectivity index (χ1v) is 10.4. The Morgan fingerprint density at radius 2 is 1.97 bits per heavy atom. The third-order valence-electron chi connectivity index (χ3n) is 6.06. The smallest absolute Gasteiger partial charge is 0.398 e. The van der Waals surface area contributed by atoms with Crippen LogP contribution in [0, 0.1) is 18.8 Å². The number of aryl methyl sites for hydroxylation is 2. The van der Waals surface area contributed by atoms with Crippen molar-refractivity contribution >= 4 is 23.2 Å². The van der Waals surface area contributed by atoms with Gasteiger partial charge in [0.1, 0.15) is 0 Å². The van der Waals surface area contributed by atoms with E-state index in [0.717, 1.165) is 30.0 Å². The summed E-state index contributed by atoms with van der Waals surface area (Å²) in [5, 5.41) is 0.494. The van der Waals surface area contributed by atoms with E-state index in [1.54, 1.807) is 18.0 Å². The molecule has 1 amide bonds. The molecule has 3 nitrogen and oxygen atoms in total. The number of hydrogen-bond acceptors (Lipinski definition) is 2. The summed E-state index contributed by atoms with van der Waals surface area (Å²) in [6, 6.07) is 9.41. The number of nitrogens with zero attached hydrogens (tertiary/aromatic N) is 1. The Labute approximate surface area is 180 Å². The second-order valence-corrected chi connectivity index (χ2v) is 8.64. The minimum atomic E-state index is -4.37. The first kappa shape index (κ1) is 22.5. The van der Waals surface area contributed by atoms with Crippen LogP contribution in [0.2, 0.25) is 5.02 Å². The molecule has 1 aliphatic heterocycles. The molecule has 1 fully saturated rings. The van der Waals surface area contributed by atoms with Crippen LogP contribution < -0.4 is 5.73 Å². The van der Waals surface area contributed by atoms with Crippen LogP contribution in [0.1, 0.15) is 35.1 Å². The van der Waals surface area contributed by atoms with Crippen molar-refractivity contribution in [2.24, 2.45) is 11.8 Å². The molecule has 0 aliphatic carbocycles. The van der Waals surface area contributed by atoms with Gasteiger partial charge in [0.15, 0.2) is 0 Å². The molecule has 0 radical (unpaired) electrons. The van der Waals surface area contributed by atoms with Crippen LogP contribution in [0.15, 0.2) is 36.4 Å². The molecule has 0 aromatic heterocycles. The number of carbonyl (C=O) groups is 1. The quantitative estimate of drug-likeness (QED) is 0.603. The fourth-order valence-corrected chi connectivity index (χ4v) is 4.35. The van der Waals surface area contributed by atoms with Gasteiger partial charge in [0.25, 0.3) is 0 Å². The molecule has 2 aromatic carbocycles. The largest absolute Gasteiger partial charge is 0.416 e. The van der Waals surface area contributed by atoms with Crippen molar-refractivity contribution in [1.29, 1.82) is 0 Å². The van der Waals surface area contributed by atoms with E-state index in [-0.39, 0.29) is 17.7 Å². The monoisotopic (exact) mass is 438 g/mol. The summed E-state index contributed by atoms with van der Waals surface area (Å²) in [7, 11) is 1.77. The topological polar surface area (TPSA) is 46.3 Å². The van der Waals surface area contributed by atoms with Gasteiger partial charge in [-0.2, -0.15) is 13.2 Å². The minimum Gasteiger partial charge on any atom is -0.398 e. The zero-order valence-corrected chi connectivity index (χ0v) is 17.9. The normalized spacial score (nSPS) is 18.1. The standard InChI is InChI=1S/C23H26ClF3N2O/c1-14-3-7-19(23(25,26)27)11-17(14)10-16(18-12-22(30)29(2)13-18)6-4-15-5-8-21(28)20(24)9-15/h3,5,7-9,11,16,18H,4,6,10,12-13,28H2,1-2H3/t16?,18-/m0/s1. The summed E-state index contributed by atoms with van der Waals surface area (Å²) in [4.78, 5) is 13.8. The number of amides is 1. The number of nitrogens with two attached hydrogens (primary N) is 1. The maximum atomic E-state index is 13.2. The first-order chi connectivity index (χ1) is 14.0. The molecule has 1 aliphatic rings. The van der Waals surface area contributed by atoms with Gasteiger partial charge in [-0.05, 0) is 79.0 Å². The van der Waals surface area contributed by atoms with E-state index >= 15 is 0 Å². The number of halogens is 4. The van der Waals surface area contributed by atoms with Gasteiger partial charge in [-0.15, -0.1) is 0 Å². The molecule has 0 spiro atoms. The highest BCUT2D eigenvalue weighted by Gasteiger charge is 2.34. The zero-order chi connectivity index (χ0) is 22.1. The van der Waals surface area contributed by atoms with Gasteiger partial charge in [-0.3, -0.25) is 4.79 Å². The van der Waals surface area contributed by atoms with Crippen molar-refractivity contribution in [3.05, 3.63) is 63.7 Å². The van der Waals surface area contributed by atoms with E-state index in [4.69, 9.17) is 17.3 Å². The van der Waals surface area contributed by atoms with Crippen LogP contribution in [0.5, 0.6) is 0 Å². The van der Waals surface area contributed by atoms with Crippen LogP contribution in [0.4, 0.5) is 18.9 Å². The molecule has 3 rings (SSSR count). The number of likely N-dealkylation sites (tertiary alicyclic amines) is 1. The van der Waals surface area contributed by atoms with E-state index < -0.39 is 11.7 Å². The van der Waals surface area contributed by atoms with Crippen molar-refractivity contribution in [2.75, 3.05) is 19.3 Å². The molecule has 0 saturated carbocycles. The molecule has 1 saturated heterocycles. The van der Waals surface area contributed by atoms with Crippen LogP contribution in [-0.4, -0.2) is 24.4 Å². The lowest BCUT2D eigenvalue weighted by Crippen LogP contribution is -2.23. The van der Waals surface area contributed by atoms with E-state index in [9.17, 15) is 18.0 Å². The molecule has 0 bridgehead atoms. The zero-order valence-electron chi connectivity index (χ0n) is 17.1. The molecule has 1 unspecified atom stereocenters. The molecule has 30 heavy (non-hydrogen) atoms. The fraction of sp³-hybridized carbons (Fsp3) is 0.435. The Morgan fingerprint density at radius 3 is 2.57 bits per heavy atom. The summed E-state index contributed by atoms with van der Waals surface area (Å²) in [6.07, 6.45) is -1.97. The Hall–Kier alpha value is -2.21. The van der Waals surface area contributed by atoms with Crippen LogP contribution in [0.25, 0.3) is 0 Å². The van der Waals surface area contributed by atoms with Gasteiger partial charge in [0, 0.05) is 20.0 Å². The van der Waals surface area contributed by atoms with Gasteiger partial charge >= 0.3 is 6.18 Å². The van der Waals surface area contributed by atoms with Gasteiger partial charge in [0.05, 0.1) is 16.3 Å². The highest BCUT2D eigenvalue weighted by molar-refractivity contribution is 6.33. The Balaban J connectivity index is 1.83. The second-order valence-electron chi connectivity index (χ2n) is 8.24. The lowest BCUT2D eigenvalue weighted by atomic mass is 9.81. The average molecular weight is 439 g/mol. The molecule has 162 valence electrons. The predicted molar refractivity (Wildman–Crippen MR) is 113 cm³/mol. The van der Waals surface area contributed by atoms with E-state index in [1.165, 1.54) is 12.1 Å². The highest BCUT2D eigenvalue weighted by Crippen LogP contribution is 2.35. The summed E-state index contributed by atoms with van der Waals surface area (Å²) in [5.41, 5.74) is 8.20. The molecular formula is C23H26ClF3N2O. The Morgan fingerprint density at radius 1 is 1.23 bits per heavy atom. The van der Waals surface area contributed by atoms with Gasteiger partial charge in [-0.25, -0.2) is 0 Å². The average Bonchev–Trinajstić information content (AvgIpc) is 3.00. The SMILES string of the molecule is Cc1ccc(C(F)(F)F)cc1CC(CCc1ccc(N)c(Cl)c1)[C@H]1CC(=O)N(C)C1. The number of hydrogen-bond donors (Lipinski definition) is 1. The third kappa shape index (κ3) is 5.28. The summed E-state index contributed by atoms with van der Waals surface area (Å²) in [5.74, 6) is 0.277. The second kappa shape index (κ2) is 8.88. The lowest BCUT2D eigenvalue weighted by Gasteiger charge is -2.25. The summed E-state index contributed by atoms with van der Waals surface area (Å²) < 4.78 is 39.6. The molecule has 2 aromatic rings. The van der Waals surface area contributed by atoms with Crippen molar-refractivity contribution in [3.63, 3.8) is 0 Å². The maximum Gasteiger partial charge on any atom is 0.416 e. The van der Waals surface area contributed by atoms with Gasteiger partial charge < -0.3 is 10.6 Å². The maximum absolute atomic E-state index is 13.2. The number of rotatable bonds is 6. The van der Waals surface area contributed by atoms with Gasteiger partial charge in [0.2, 0.25) is 5.91 Å². The van der Waals surface area contributed by atoms with E-state index in [0.29, 0.717) is 35.7 Å². The van der Waals surface area contributed by atoms with Gasteiger partial charge in [-0.1, -0.05) is 23.7 Å². The molecule has 1 heterocycles. The van der Waals surface area contributed by atoms with E-state index in [1.807, 2.05) is 19.1 Å². The van der Waals surface area contributed by atoms with Crippen molar-refractivity contribution in [1.82, 2.24) is 4.90 Å². The third-order valence-corrected chi connectivity index (χ3v) is 6.39. The van der Waals surface area contributed by atoms with Crippen molar-refractivity contribution < 1.29 is 18.0 Å². The molecule has 7 heteroatoms. The lowest BCUT2D eigenvalue weighted by molar-refractivity contribution is -0.137. The minimum absolute atomic E-state index is 0.0809. The number of alkyl halides is 3. The Bertz CT molecular complexity index is 929. The molecular weight excluding hydrogens is 413 g/mol. The fourth-order valence-electron chi connectivity index (χ4n) is 4.15. The molecule has 2 N–H and O–H groups in total. The number of benzene rings is 2. The van der Waals surface area contributed by atoms with E-state index in [2.05, 4.69) is 0 Å². The number of nitrogen functional groups attached to an aromatic ring is 1. The first-order valence-electron chi connectivity index (χ1n) is 9.99. The van der Waals surface area contributed by atoms with Crippen molar-refractivity contribution in [3.8, 4) is 0 Å². The van der Waals surface area contributed by atoms with Crippen LogP contribution >= 0.6 is 11.6 Å². The van der Waals surface area contributed by atoms with Crippen LogP contribution in [0.3, 0.4) is 0 Å². The molecule has 2 atom stereocenters. The van der Waals surface area contributed by atoms with Crippen LogP contribution in [-0.2, 0) is 23.8 Å². The number of carbonyl (C=O) groups excluding carboxylic acids is 1.